The number of aryl methyl sites for hydroxylation is 3. The van der Waals surface area contributed by atoms with E-state index in [0.717, 1.165) is 33.4 Å². The van der Waals surface area contributed by atoms with Gasteiger partial charge >= 0.3 is 0 Å². The van der Waals surface area contributed by atoms with Crippen LogP contribution >= 0.6 is 11.8 Å². The van der Waals surface area contributed by atoms with Crippen LogP contribution in [-0.4, -0.2) is 28.3 Å². The van der Waals surface area contributed by atoms with Crippen molar-refractivity contribution in [2.45, 2.75) is 25.9 Å². The van der Waals surface area contributed by atoms with Gasteiger partial charge in [0.25, 0.3) is 0 Å². The normalized spacial score (nSPS) is 10.7. The molecule has 27 heavy (non-hydrogen) atoms. The molecule has 140 valence electrons. The van der Waals surface area contributed by atoms with Crippen LogP contribution in [0, 0.1) is 20.8 Å². The second-order valence-corrected chi connectivity index (χ2v) is 7.30. The van der Waals surface area contributed by atoms with Crippen molar-refractivity contribution in [2.24, 2.45) is 0 Å². The number of nitrogens with zero attached hydrogens (tertiary/aromatic N) is 2. The maximum Gasteiger partial charge on any atom is 0.234 e. The van der Waals surface area contributed by atoms with Crippen LogP contribution in [0.25, 0.3) is 5.69 Å². The van der Waals surface area contributed by atoms with Gasteiger partial charge < -0.3 is 10.1 Å². The minimum absolute atomic E-state index is 0.0513. The van der Waals surface area contributed by atoms with E-state index in [1.54, 1.807) is 13.3 Å². The van der Waals surface area contributed by atoms with Crippen LogP contribution in [0.1, 0.15) is 16.7 Å². The number of nitrogens with one attached hydrogen (secondary N) is 1. The molecule has 0 unspecified atom stereocenters. The number of anilines is 1. The molecule has 5 nitrogen and oxygen atoms in total. The van der Waals surface area contributed by atoms with Crippen molar-refractivity contribution in [1.82, 2.24) is 9.55 Å². The van der Waals surface area contributed by atoms with Crippen molar-refractivity contribution in [3.05, 3.63) is 65.5 Å². The second-order valence-electron chi connectivity index (χ2n) is 6.36. The summed E-state index contributed by atoms with van der Waals surface area (Å²) in [5, 5.41) is 3.77. The quantitative estimate of drug-likeness (QED) is 0.637. The lowest BCUT2D eigenvalue weighted by molar-refractivity contribution is -0.113. The van der Waals surface area contributed by atoms with E-state index in [1.807, 2.05) is 48.9 Å². The van der Waals surface area contributed by atoms with Gasteiger partial charge in [0.1, 0.15) is 5.75 Å². The first-order valence-electron chi connectivity index (χ1n) is 8.67. The summed E-state index contributed by atoms with van der Waals surface area (Å²) >= 11 is 1.39. The molecule has 0 fully saturated rings. The lowest BCUT2D eigenvalue weighted by atomic mass is 10.1. The Morgan fingerprint density at radius 1 is 1.19 bits per heavy atom. The molecule has 3 aromatic rings. The smallest absolute Gasteiger partial charge is 0.234 e. The molecule has 0 spiro atoms. The Kier molecular flexibility index (Phi) is 5.86. The second kappa shape index (κ2) is 8.31. The van der Waals surface area contributed by atoms with Crippen LogP contribution in [0.15, 0.2) is 53.9 Å². The van der Waals surface area contributed by atoms with Gasteiger partial charge in [0.2, 0.25) is 5.91 Å². The van der Waals surface area contributed by atoms with Crippen molar-refractivity contribution in [3.8, 4) is 11.4 Å². The summed E-state index contributed by atoms with van der Waals surface area (Å²) in [6.07, 6.45) is 3.59. The fourth-order valence-corrected chi connectivity index (χ4v) is 3.86. The van der Waals surface area contributed by atoms with Gasteiger partial charge in [0.05, 0.1) is 18.6 Å². The number of thioether (sulfide) groups is 1. The summed E-state index contributed by atoms with van der Waals surface area (Å²) in [4.78, 5) is 16.9. The van der Waals surface area contributed by atoms with Crippen LogP contribution < -0.4 is 10.1 Å². The fourth-order valence-electron chi connectivity index (χ4n) is 3.09. The molecule has 1 heterocycles. The topological polar surface area (TPSA) is 56.2 Å². The summed E-state index contributed by atoms with van der Waals surface area (Å²) in [6, 6.07) is 11.9. The Morgan fingerprint density at radius 3 is 2.59 bits per heavy atom. The van der Waals surface area contributed by atoms with Gasteiger partial charge in [-0.1, -0.05) is 41.6 Å². The molecule has 6 heteroatoms. The molecule has 0 bridgehead atoms. The largest absolute Gasteiger partial charge is 0.495 e. The van der Waals surface area contributed by atoms with Crippen molar-refractivity contribution in [3.63, 3.8) is 0 Å². The predicted octanol–water partition coefficient (Wildman–Crippen LogP) is 4.54. The van der Waals surface area contributed by atoms with Crippen LogP contribution in [0.4, 0.5) is 5.69 Å². The monoisotopic (exact) mass is 381 g/mol. The van der Waals surface area contributed by atoms with Gasteiger partial charge in [-0.15, -0.1) is 0 Å². The molecule has 0 aliphatic carbocycles. The summed E-state index contributed by atoms with van der Waals surface area (Å²) in [7, 11) is 1.64. The zero-order valence-electron chi connectivity index (χ0n) is 15.9. The van der Waals surface area contributed by atoms with Crippen LogP contribution in [0.5, 0.6) is 5.75 Å². The highest BCUT2D eigenvalue weighted by Crippen LogP contribution is 2.28. The number of hydrogen-bond acceptors (Lipinski definition) is 4. The number of amides is 1. The van der Waals surface area contributed by atoms with Gasteiger partial charge in [-0.05, 0) is 44.0 Å². The maximum absolute atomic E-state index is 12.5. The molecule has 0 saturated heterocycles. The number of rotatable bonds is 6. The number of aromatic nitrogens is 2. The highest BCUT2D eigenvalue weighted by atomic mass is 32.2. The average molecular weight is 382 g/mol. The van der Waals surface area contributed by atoms with E-state index in [-0.39, 0.29) is 11.7 Å². The minimum Gasteiger partial charge on any atom is -0.495 e. The van der Waals surface area contributed by atoms with Gasteiger partial charge in [0.15, 0.2) is 5.16 Å². The van der Waals surface area contributed by atoms with E-state index in [2.05, 4.69) is 29.4 Å². The fraction of sp³-hybridized carbons (Fsp3) is 0.238. The number of methoxy groups -OCH3 is 1. The van der Waals surface area contributed by atoms with E-state index in [9.17, 15) is 4.79 Å². The molecule has 0 atom stereocenters. The van der Waals surface area contributed by atoms with E-state index in [4.69, 9.17) is 4.74 Å². The van der Waals surface area contributed by atoms with E-state index in [0.29, 0.717) is 0 Å². The van der Waals surface area contributed by atoms with Crippen LogP contribution in [0.3, 0.4) is 0 Å². The summed E-state index contributed by atoms with van der Waals surface area (Å²) in [6.45, 7) is 6.08. The maximum atomic E-state index is 12.5. The third-order valence-corrected chi connectivity index (χ3v) is 5.19. The third-order valence-electron chi connectivity index (χ3n) is 4.23. The number of hydrogen-bond donors (Lipinski definition) is 1. The zero-order valence-corrected chi connectivity index (χ0v) is 16.8. The number of para-hydroxylation sites is 2. The molecule has 2 aromatic carbocycles. The predicted molar refractivity (Wildman–Crippen MR) is 110 cm³/mol. The molecule has 0 aliphatic heterocycles. The molecule has 0 aliphatic rings. The average Bonchev–Trinajstić information content (AvgIpc) is 3.11. The first-order valence-corrected chi connectivity index (χ1v) is 9.65. The van der Waals surface area contributed by atoms with Crippen molar-refractivity contribution in [2.75, 3.05) is 18.2 Å². The van der Waals surface area contributed by atoms with E-state index < -0.39 is 0 Å². The number of imidazole rings is 1. The Morgan fingerprint density at radius 2 is 1.89 bits per heavy atom. The molecular formula is C21H23N3O2S. The van der Waals surface area contributed by atoms with E-state index >= 15 is 0 Å². The first-order chi connectivity index (χ1) is 13.0. The SMILES string of the molecule is COc1ccccc1-n1ccnc1SCC(=O)Nc1c(C)cc(C)cc1C. The minimum atomic E-state index is -0.0513. The Bertz CT molecular complexity index is 943. The lowest BCUT2D eigenvalue weighted by Crippen LogP contribution is -2.16. The van der Waals surface area contributed by atoms with E-state index in [1.165, 1.54) is 17.3 Å². The van der Waals surface area contributed by atoms with Gasteiger partial charge in [-0.2, -0.15) is 0 Å². The lowest BCUT2D eigenvalue weighted by Gasteiger charge is -2.13. The molecular weight excluding hydrogens is 358 g/mol. The van der Waals surface area contributed by atoms with Gasteiger partial charge in [0, 0.05) is 18.1 Å². The molecule has 1 aromatic heterocycles. The number of carbonyl (C=O) groups is 1. The van der Waals surface area contributed by atoms with Crippen molar-refractivity contribution >= 4 is 23.4 Å². The molecule has 0 radical (unpaired) electrons. The molecule has 1 amide bonds. The summed E-state index contributed by atoms with van der Waals surface area (Å²) in [5.74, 6) is 0.983. The number of ether oxygens (including phenoxy) is 1. The molecule has 0 saturated carbocycles. The standard InChI is InChI=1S/C21H23N3O2S/c1-14-11-15(2)20(16(3)12-14)23-19(25)13-27-21-22-9-10-24(21)17-7-5-6-8-18(17)26-4/h5-12H,13H2,1-4H3,(H,23,25). The Balaban J connectivity index is 1.72. The Hall–Kier alpha value is -2.73. The molecule has 1 N–H and O–H groups in total. The molecule has 3 rings (SSSR count). The van der Waals surface area contributed by atoms with Crippen molar-refractivity contribution < 1.29 is 9.53 Å². The highest BCUT2D eigenvalue weighted by molar-refractivity contribution is 7.99. The first kappa shape index (κ1) is 19.0. The number of benzene rings is 2. The summed E-state index contributed by atoms with van der Waals surface area (Å²) < 4.78 is 7.36. The number of carbonyl (C=O) groups excluding carboxylic acids is 1. The third kappa shape index (κ3) is 4.34. The van der Waals surface area contributed by atoms with Crippen LogP contribution in [-0.2, 0) is 4.79 Å². The van der Waals surface area contributed by atoms with Gasteiger partial charge in [-0.25, -0.2) is 4.98 Å². The highest BCUT2D eigenvalue weighted by Gasteiger charge is 2.13. The van der Waals surface area contributed by atoms with Crippen molar-refractivity contribution in [1.29, 1.82) is 0 Å². The Labute approximate surface area is 163 Å². The summed E-state index contributed by atoms with van der Waals surface area (Å²) in [5.41, 5.74) is 5.11. The van der Waals surface area contributed by atoms with Crippen LogP contribution in [0.2, 0.25) is 0 Å². The zero-order chi connectivity index (χ0) is 19.4. The van der Waals surface area contributed by atoms with Gasteiger partial charge in [-0.3, -0.25) is 9.36 Å².